The summed E-state index contributed by atoms with van der Waals surface area (Å²) in [5, 5.41) is 5.74. The molecule has 1 saturated heterocycles. The first-order valence-corrected chi connectivity index (χ1v) is 8.01. The van der Waals surface area contributed by atoms with E-state index in [1.165, 1.54) is 6.42 Å². The Labute approximate surface area is 136 Å². The summed E-state index contributed by atoms with van der Waals surface area (Å²) in [5.74, 6) is -0.148. The van der Waals surface area contributed by atoms with Gasteiger partial charge in [-0.05, 0) is 43.6 Å². The van der Waals surface area contributed by atoms with Gasteiger partial charge in [-0.2, -0.15) is 0 Å². The number of anilines is 1. The van der Waals surface area contributed by atoms with Crippen LogP contribution in [-0.4, -0.2) is 34.9 Å². The Morgan fingerprint density at radius 2 is 1.86 bits per heavy atom. The first kappa shape index (κ1) is 16.4. The van der Waals surface area contributed by atoms with Crippen LogP contribution in [0.5, 0.6) is 0 Å². The van der Waals surface area contributed by atoms with E-state index in [1.807, 2.05) is 17.0 Å². The first-order chi connectivity index (χ1) is 10.6. The summed E-state index contributed by atoms with van der Waals surface area (Å²) in [7, 11) is 0. The molecule has 1 fully saturated rings. The summed E-state index contributed by atoms with van der Waals surface area (Å²) in [6, 6.07) is 7.24. The van der Waals surface area contributed by atoms with E-state index in [4.69, 9.17) is 12.2 Å². The highest BCUT2D eigenvalue weighted by Crippen LogP contribution is 2.20. The summed E-state index contributed by atoms with van der Waals surface area (Å²) in [5.41, 5.74) is 1.21. The van der Waals surface area contributed by atoms with Gasteiger partial charge in [-0.3, -0.25) is 9.59 Å². The van der Waals surface area contributed by atoms with E-state index in [9.17, 15) is 9.59 Å². The lowest BCUT2D eigenvalue weighted by atomic mass is 10.1. The van der Waals surface area contributed by atoms with Crippen LogP contribution in [0.4, 0.5) is 5.69 Å². The average molecular weight is 319 g/mol. The summed E-state index contributed by atoms with van der Waals surface area (Å²) < 4.78 is 0. The fourth-order valence-electron chi connectivity index (χ4n) is 2.41. The molecule has 2 amide bonds. The predicted molar refractivity (Wildman–Crippen MR) is 90.9 cm³/mol. The molecular weight excluding hydrogens is 298 g/mol. The average Bonchev–Trinajstić information content (AvgIpc) is 2.55. The van der Waals surface area contributed by atoms with Crippen molar-refractivity contribution in [1.29, 1.82) is 0 Å². The van der Waals surface area contributed by atoms with Gasteiger partial charge in [-0.1, -0.05) is 19.1 Å². The maximum absolute atomic E-state index is 12.6. The topological polar surface area (TPSA) is 61.4 Å². The van der Waals surface area contributed by atoms with Crippen LogP contribution in [0, 0.1) is 0 Å². The van der Waals surface area contributed by atoms with Gasteiger partial charge in [0.1, 0.15) is 0 Å². The number of hydrogen-bond acceptors (Lipinski definition) is 3. The van der Waals surface area contributed by atoms with Crippen LogP contribution in [0.25, 0.3) is 0 Å². The molecule has 118 valence electrons. The van der Waals surface area contributed by atoms with Crippen LogP contribution < -0.4 is 10.6 Å². The molecule has 22 heavy (non-hydrogen) atoms. The molecule has 0 unspecified atom stereocenters. The molecule has 0 spiro atoms. The smallest absolute Gasteiger partial charge is 0.255 e. The number of rotatable bonds is 3. The van der Waals surface area contributed by atoms with Crippen molar-refractivity contribution < 1.29 is 9.59 Å². The van der Waals surface area contributed by atoms with Crippen molar-refractivity contribution in [2.45, 2.75) is 32.6 Å². The second-order valence-electron chi connectivity index (χ2n) is 5.25. The number of piperidine rings is 1. The van der Waals surface area contributed by atoms with Crippen molar-refractivity contribution in [1.82, 2.24) is 10.2 Å². The molecule has 0 radical (unpaired) electrons. The van der Waals surface area contributed by atoms with Gasteiger partial charge in [-0.15, -0.1) is 0 Å². The number of amides is 2. The Bertz CT molecular complexity index is 568. The number of para-hydroxylation sites is 1. The minimum Gasteiger partial charge on any atom is -0.339 e. The van der Waals surface area contributed by atoms with Crippen molar-refractivity contribution in [3.63, 3.8) is 0 Å². The molecule has 1 aromatic rings. The summed E-state index contributed by atoms with van der Waals surface area (Å²) in [6.07, 6.45) is 3.63. The van der Waals surface area contributed by atoms with Crippen LogP contribution in [-0.2, 0) is 4.79 Å². The molecule has 0 atom stereocenters. The minimum atomic E-state index is -0.155. The zero-order valence-electron chi connectivity index (χ0n) is 12.7. The predicted octanol–water partition coefficient (Wildman–Crippen LogP) is 2.54. The number of carbonyl (C=O) groups is 2. The highest BCUT2D eigenvalue weighted by Gasteiger charge is 2.20. The van der Waals surface area contributed by atoms with E-state index in [0.29, 0.717) is 17.7 Å². The highest BCUT2D eigenvalue weighted by molar-refractivity contribution is 7.80. The van der Waals surface area contributed by atoms with Crippen molar-refractivity contribution in [2.75, 3.05) is 18.4 Å². The Balaban J connectivity index is 2.10. The molecule has 1 aliphatic heterocycles. The van der Waals surface area contributed by atoms with Gasteiger partial charge in [0.05, 0.1) is 11.3 Å². The van der Waals surface area contributed by atoms with Gasteiger partial charge < -0.3 is 15.5 Å². The Morgan fingerprint density at radius 3 is 2.55 bits per heavy atom. The normalized spacial score (nSPS) is 14.3. The van der Waals surface area contributed by atoms with E-state index in [1.54, 1.807) is 19.1 Å². The van der Waals surface area contributed by atoms with E-state index < -0.39 is 0 Å². The van der Waals surface area contributed by atoms with Gasteiger partial charge in [-0.25, -0.2) is 0 Å². The third-order valence-corrected chi connectivity index (χ3v) is 3.83. The number of thiocarbonyl (C=S) groups is 1. The Kier molecular flexibility index (Phi) is 5.89. The van der Waals surface area contributed by atoms with E-state index in [2.05, 4.69) is 10.6 Å². The van der Waals surface area contributed by atoms with Gasteiger partial charge >= 0.3 is 0 Å². The number of nitrogens with one attached hydrogen (secondary N) is 2. The molecular formula is C16H21N3O2S. The molecule has 0 saturated carbocycles. The van der Waals surface area contributed by atoms with Gasteiger partial charge in [0.15, 0.2) is 5.11 Å². The zero-order valence-corrected chi connectivity index (χ0v) is 13.5. The highest BCUT2D eigenvalue weighted by atomic mass is 32.1. The number of likely N-dealkylation sites (tertiary alicyclic amines) is 1. The van der Waals surface area contributed by atoms with Crippen LogP contribution in [0.1, 0.15) is 43.0 Å². The second-order valence-corrected chi connectivity index (χ2v) is 5.66. The fraction of sp³-hybridized carbons (Fsp3) is 0.438. The molecule has 1 aliphatic rings. The third kappa shape index (κ3) is 4.27. The molecule has 1 heterocycles. The van der Waals surface area contributed by atoms with E-state index in [-0.39, 0.29) is 16.9 Å². The van der Waals surface area contributed by atoms with Gasteiger partial charge in [0, 0.05) is 19.5 Å². The monoisotopic (exact) mass is 319 g/mol. The quantitative estimate of drug-likeness (QED) is 0.841. The second kappa shape index (κ2) is 7.89. The maximum atomic E-state index is 12.6. The first-order valence-electron chi connectivity index (χ1n) is 7.61. The lowest BCUT2D eigenvalue weighted by molar-refractivity contribution is -0.119. The van der Waals surface area contributed by atoms with Crippen molar-refractivity contribution in [3.05, 3.63) is 29.8 Å². The van der Waals surface area contributed by atoms with E-state index in [0.717, 1.165) is 25.9 Å². The van der Waals surface area contributed by atoms with Crippen LogP contribution >= 0.6 is 12.2 Å². The largest absolute Gasteiger partial charge is 0.339 e. The molecule has 0 bridgehead atoms. The molecule has 2 N–H and O–H groups in total. The fourth-order valence-corrected chi connectivity index (χ4v) is 2.64. The van der Waals surface area contributed by atoms with Crippen molar-refractivity contribution in [2.24, 2.45) is 0 Å². The van der Waals surface area contributed by atoms with Crippen molar-refractivity contribution in [3.8, 4) is 0 Å². The van der Waals surface area contributed by atoms with Crippen LogP contribution in [0.15, 0.2) is 24.3 Å². The number of hydrogen-bond donors (Lipinski definition) is 2. The summed E-state index contributed by atoms with van der Waals surface area (Å²) in [6.45, 7) is 3.35. The van der Waals surface area contributed by atoms with Gasteiger partial charge in [0.25, 0.3) is 5.91 Å². The molecule has 6 heteroatoms. The lowest BCUT2D eigenvalue weighted by Crippen LogP contribution is -2.37. The molecule has 0 aromatic heterocycles. The molecule has 1 aromatic carbocycles. The van der Waals surface area contributed by atoms with Gasteiger partial charge in [0.2, 0.25) is 5.91 Å². The standard InChI is InChI=1S/C16H21N3O2S/c1-2-14(20)18-16(22)17-13-9-5-4-8-12(13)15(21)19-10-6-3-7-11-19/h4-5,8-9H,2-3,6-7,10-11H2,1H3,(H2,17,18,20,22). The molecule has 0 aliphatic carbocycles. The van der Waals surface area contributed by atoms with Crippen molar-refractivity contribution >= 4 is 34.8 Å². The third-order valence-electron chi connectivity index (χ3n) is 3.62. The summed E-state index contributed by atoms with van der Waals surface area (Å²) in [4.78, 5) is 25.9. The number of benzene rings is 1. The number of carbonyl (C=O) groups excluding carboxylic acids is 2. The minimum absolute atomic E-state index is 0.00687. The summed E-state index contributed by atoms with van der Waals surface area (Å²) >= 11 is 5.11. The Hall–Kier alpha value is -1.95. The SMILES string of the molecule is CCC(=O)NC(=S)Nc1ccccc1C(=O)N1CCCCC1. The Morgan fingerprint density at radius 1 is 1.18 bits per heavy atom. The van der Waals surface area contributed by atoms with Crippen LogP contribution in [0.3, 0.4) is 0 Å². The molecule has 2 rings (SSSR count). The zero-order chi connectivity index (χ0) is 15.9. The number of nitrogens with zero attached hydrogens (tertiary/aromatic N) is 1. The lowest BCUT2D eigenvalue weighted by Gasteiger charge is -2.27. The van der Waals surface area contributed by atoms with Crippen LogP contribution in [0.2, 0.25) is 0 Å². The molecule has 5 nitrogen and oxygen atoms in total. The van der Waals surface area contributed by atoms with E-state index >= 15 is 0 Å². The maximum Gasteiger partial charge on any atom is 0.255 e.